The standard InChI is InChI=1S/C21H22N4S/c1-16-12-17(2)25(24-16)13-21-23-22-15-26(21)14-19-10-6-7-11-20(19)18-8-4-3-5-9-18/h3-12,15,26H,13-14H2,1-2H3. The molecule has 0 radical (unpaired) electrons. The van der Waals surface area contributed by atoms with Crippen molar-refractivity contribution in [3.63, 3.8) is 0 Å². The molecule has 4 rings (SSSR count). The minimum atomic E-state index is -0.521. The Morgan fingerprint density at radius 2 is 1.73 bits per heavy atom. The van der Waals surface area contributed by atoms with Crippen molar-refractivity contribution >= 4 is 21.5 Å². The van der Waals surface area contributed by atoms with Crippen LogP contribution >= 0.6 is 10.9 Å². The molecule has 3 aromatic rings. The molecule has 2 aromatic carbocycles. The van der Waals surface area contributed by atoms with E-state index in [-0.39, 0.29) is 0 Å². The molecule has 26 heavy (non-hydrogen) atoms. The van der Waals surface area contributed by atoms with Gasteiger partial charge in [0.1, 0.15) is 5.04 Å². The average molecular weight is 363 g/mol. The SMILES string of the molecule is Cc1cc(C)n(CC2=NN=C[SH]2Cc2ccccc2-c2ccccc2)n1. The van der Waals surface area contributed by atoms with Crippen molar-refractivity contribution in [3.8, 4) is 11.1 Å². The third-order valence-electron chi connectivity index (χ3n) is 4.53. The fraction of sp³-hybridized carbons (Fsp3) is 0.190. The molecule has 1 unspecified atom stereocenters. The molecule has 1 atom stereocenters. The van der Waals surface area contributed by atoms with E-state index < -0.39 is 10.9 Å². The van der Waals surface area contributed by atoms with E-state index in [0.29, 0.717) is 0 Å². The van der Waals surface area contributed by atoms with Gasteiger partial charge in [-0.05, 0) is 36.6 Å². The lowest BCUT2D eigenvalue weighted by molar-refractivity contribution is 0.695. The second kappa shape index (κ2) is 7.30. The van der Waals surface area contributed by atoms with Crippen LogP contribution < -0.4 is 0 Å². The lowest BCUT2D eigenvalue weighted by atomic mass is 10.0. The molecule has 0 aliphatic carbocycles. The highest BCUT2D eigenvalue weighted by Gasteiger charge is 2.18. The predicted molar refractivity (Wildman–Crippen MR) is 112 cm³/mol. The van der Waals surface area contributed by atoms with Crippen molar-refractivity contribution in [2.24, 2.45) is 10.2 Å². The first-order valence-corrected chi connectivity index (χ1v) is 10.3. The molecular weight excluding hydrogens is 340 g/mol. The summed E-state index contributed by atoms with van der Waals surface area (Å²) in [7, 11) is -0.521. The summed E-state index contributed by atoms with van der Waals surface area (Å²) in [6.45, 7) is 4.83. The van der Waals surface area contributed by atoms with Crippen molar-refractivity contribution < 1.29 is 0 Å². The number of hydrogen-bond acceptors (Lipinski definition) is 3. The minimum absolute atomic E-state index is 0.521. The van der Waals surface area contributed by atoms with Crippen LogP contribution in [0.2, 0.25) is 0 Å². The number of aryl methyl sites for hydroxylation is 2. The van der Waals surface area contributed by atoms with Gasteiger partial charge in [-0.3, -0.25) is 4.68 Å². The molecular formula is C21H22N4S. The first-order chi connectivity index (χ1) is 12.7. The smallest absolute Gasteiger partial charge is 0.103 e. The Morgan fingerprint density at radius 3 is 2.50 bits per heavy atom. The summed E-state index contributed by atoms with van der Waals surface area (Å²) >= 11 is 0. The molecule has 0 fully saturated rings. The van der Waals surface area contributed by atoms with Crippen LogP contribution in [0.4, 0.5) is 0 Å². The van der Waals surface area contributed by atoms with E-state index >= 15 is 0 Å². The Hall–Kier alpha value is -2.66. The lowest BCUT2D eigenvalue weighted by Crippen LogP contribution is -2.13. The number of benzene rings is 2. The van der Waals surface area contributed by atoms with Crippen LogP contribution in [0.15, 0.2) is 70.9 Å². The number of nitrogens with zero attached hydrogens (tertiary/aromatic N) is 4. The Labute approximate surface area is 156 Å². The van der Waals surface area contributed by atoms with Crippen LogP contribution in [-0.2, 0) is 12.3 Å². The van der Waals surface area contributed by atoms with Gasteiger partial charge in [0, 0.05) is 11.4 Å². The van der Waals surface area contributed by atoms with E-state index in [2.05, 4.69) is 82.9 Å². The normalized spacial score (nSPS) is 17.5. The van der Waals surface area contributed by atoms with Crippen molar-refractivity contribution in [2.75, 3.05) is 0 Å². The highest BCUT2D eigenvalue weighted by molar-refractivity contribution is 8.39. The molecule has 0 saturated heterocycles. The summed E-state index contributed by atoms with van der Waals surface area (Å²) < 4.78 is 2.03. The second-order valence-corrected chi connectivity index (χ2v) is 8.49. The predicted octanol–water partition coefficient (Wildman–Crippen LogP) is 4.72. The molecule has 4 nitrogen and oxygen atoms in total. The zero-order chi connectivity index (χ0) is 17.9. The average Bonchev–Trinajstić information content (AvgIpc) is 3.22. The summed E-state index contributed by atoms with van der Waals surface area (Å²) in [6.07, 6.45) is 0. The molecule has 0 bridgehead atoms. The van der Waals surface area contributed by atoms with Gasteiger partial charge in [-0.25, -0.2) is 0 Å². The lowest BCUT2D eigenvalue weighted by Gasteiger charge is -2.18. The van der Waals surface area contributed by atoms with E-state index in [4.69, 9.17) is 0 Å². The quantitative estimate of drug-likeness (QED) is 0.656. The monoisotopic (exact) mass is 362 g/mol. The Morgan fingerprint density at radius 1 is 0.962 bits per heavy atom. The van der Waals surface area contributed by atoms with Gasteiger partial charge in [0.25, 0.3) is 0 Å². The van der Waals surface area contributed by atoms with Gasteiger partial charge in [-0.1, -0.05) is 54.6 Å². The maximum atomic E-state index is 4.57. The summed E-state index contributed by atoms with van der Waals surface area (Å²) in [5, 5.41) is 14.3. The summed E-state index contributed by atoms with van der Waals surface area (Å²) in [4.78, 5) is 0. The number of aromatic nitrogens is 2. The highest BCUT2D eigenvalue weighted by atomic mass is 32.2. The topological polar surface area (TPSA) is 42.5 Å². The molecule has 1 aliphatic rings. The van der Waals surface area contributed by atoms with Gasteiger partial charge >= 0.3 is 0 Å². The number of hydrogen-bond donors (Lipinski definition) is 1. The van der Waals surface area contributed by atoms with Crippen LogP contribution in [0, 0.1) is 13.8 Å². The van der Waals surface area contributed by atoms with Crippen molar-refractivity contribution in [1.82, 2.24) is 9.78 Å². The number of thiol groups is 1. The second-order valence-electron chi connectivity index (χ2n) is 6.48. The first kappa shape index (κ1) is 16.8. The van der Waals surface area contributed by atoms with Crippen LogP contribution in [0.25, 0.3) is 11.1 Å². The van der Waals surface area contributed by atoms with Gasteiger partial charge in [0.2, 0.25) is 0 Å². The minimum Gasteiger partial charge on any atom is -0.263 e. The largest absolute Gasteiger partial charge is 0.263 e. The van der Waals surface area contributed by atoms with Crippen molar-refractivity contribution in [2.45, 2.75) is 26.1 Å². The molecule has 0 N–H and O–H groups in total. The molecule has 0 amide bonds. The fourth-order valence-electron chi connectivity index (χ4n) is 3.24. The third-order valence-corrected chi connectivity index (χ3v) is 6.49. The maximum absolute atomic E-state index is 4.57. The first-order valence-electron chi connectivity index (χ1n) is 8.72. The highest BCUT2D eigenvalue weighted by Crippen LogP contribution is 2.37. The fourth-order valence-corrected chi connectivity index (χ4v) is 4.94. The van der Waals surface area contributed by atoms with Crippen LogP contribution in [0.5, 0.6) is 0 Å². The summed E-state index contributed by atoms with van der Waals surface area (Å²) in [6, 6.07) is 21.3. The van der Waals surface area contributed by atoms with Crippen molar-refractivity contribution in [1.29, 1.82) is 0 Å². The van der Waals surface area contributed by atoms with Crippen LogP contribution in [0.1, 0.15) is 17.0 Å². The third kappa shape index (κ3) is 3.48. The molecule has 0 spiro atoms. The summed E-state index contributed by atoms with van der Waals surface area (Å²) in [5.41, 5.74) is 8.13. The van der Waals surface area contributed by atoms with E-state index in [9.17, 15) is 0 Å². The van der Waals surface area contributed by atoms with E-state index in [0.717, 1.165) is 28.7 Å². The molecule has 5 heteroatoms. The molecule has 1 aliphatic heterocycles. The van der Waals surface area contributed by atoms with E-state index in [1.165, 1.54) is 16.7 Å². The van der Waals surface area contributed by atoms with Gasteiger partial charge in [-0.15, -0.1) is 5.10 Å². The van der Waals surface area contributed by atoms with Crippen LogP contribution in [-0.4, -0.2) is 20.4 Å². The van der Waals surface area contributed by atoms with Crippen LogP contribution in [0.3, 0.4) is 0 Å². The van der Waals surface area contributed by atoms with Crippen molar-refractivity contribution in [3.05, 3.63) is 77.6 Å². The zero-order valence-electron chi connectivity index (χ0n) is 15.0. The summed E-state index contributed by atoms with van der Waals surface area (Å²) in [5.74, 6) is 0.960. The van der Waals surface area contributed by atoms with Gasteiger partial charge < -0.3 is 0 Å². The zero-order valence-corrected chi connectivity index (χ0v) is 15.9. The van der Waals surface area contributed by atoms with Gasteiger partial charge in [0.05, 0.1) is 17.8 Å². The Balaban J connectivity index is 1.57. The number of rotatable bonds is 5. The molecule has 132 valence electrons. The Bertz CT molecular complexity index is 973. The maximum Gasteiger partial charge on any atom is 0.103 e. The van der Waals surface area contributed by atoms with E-state index in [1.807, 2.05) is 17.2 Å². The molecule has 2 heterocycles. The van der Waals surface area contributed by atoms with Gasteiger partial charge in [-0.2, -0.15) is 21.1 Å². The van der Waals surface area contributed by atoms with E-state index in [1.54, 1.807) is 0 Å². The van der Waals surface area contributed by atoms with Gasteiger partial charge in [0.15, 0.2) is 0 Å². The Kier molecular flexibility index (Phi) is 4.71. The molecule has 0 saturated carbocycles. The molecule has 1 aromatic heterocycles.